The Balaban J connectivity index is 1.69. The van der Waals surface area contributed by atoms with Gasteiger partial charge in [0.15, 0.2) is 0 Å². The molecule has 0 atom stereocenters. The number of nitrogens with zero attached hydrogens (tertiary/aromatic N) is 5. The number of nitro benzene ring substituents is 2. The smallest absolute Gasteiger partial charge is 0.312 e. The zero-order valence-corrected chi connectivity index (χ0v) is 23.0. The molecule has 0 unspecified atom stereocenters. The lowest BCUT2D eigenvalue weighted by Crippen LogP contribution is -2.22. The van der Waals surface area contributed by atoms with Crippen LogP contribution in [0, 0.1) is 20.2 Å². The molecule has 0 N–H and O–H groups in total. The van der Waals surface area contributed by atoms with Gasteiger partial charge in [0.1, 0.15) is 12.4 Å². The van der Waals surface area contributed by atoms with E-state index in [0.717, 1.165) is 10.9 Å². The fourth-order valence-electron chi connectivity index (χ4n) is 3.69. The molecule has 11 nitrogen and oxygen atoms in total. The lowest BCUT2D eigenvalue weighted by Gasteiger charge is -2.10. The Labute approximate surface area is 232 Å². The molecule has 0 radical (unpaired) electrons. The summed E-state index contributed by atoms with van der Waals surface area (Å²) in [5.41, 5.74) is 0.560. The monoisotopic (exact) mass is 643 g/mol. The molecule has 0 aliphatic rings. The van der Waals surface area contributed by atoms with Crippen LogP contribution in [0.25, 0.3) is 10.9 Å². The lowest BCUT2D eigenvalue weighted by molar-refractivity contribution is -0.386. The number of aromatic nitrogens is 2. The molecular weight excluding hydrogens is 626 g/mol. The minimum Gasteiger partial charge on any atom is -0.481 e. The van der Waals surface area contributed by atoms with Crippen molar-refractivity contribution in [3.05, 3.63) is 111 Å². The molecule has 0 saturated carbocycles. The Hall–Kier alpha value is -3.97. The van der Waals surface area contributed by atoms with Crippen LogP contribution in [0.5, 0.6) is 5.75 Å². The maximum absolute atomic E-state index is 13.2. The van der Waals surface area contributed by atoms with E-state index in [2.05, 4.69) is 41.9 Å². The highest BCUT2D eigenvalue weighted by atomic mass is 79.9. The van der Waals surface area contributed by atoms with Gasteiger partial charge in [-0.15, -0.1) is 0 Å². The molecule has 1 aromatic heterocycles. The van der Waals surface area contributed by atoms with Crippen LogP contribution in [0.1, 0.15) is 30.3 Å². The SMILES string of the molecule is CCCc1nc2ccc(Br)cc2c(=O)n1N=Cc1cc(Br)c(OCc2cccc([N+](=O)[O-])c2)c([N+](=O)[O-])c1. The van der Waals surface area contributed by atoms with Crippen molar-refractivity contribution in [2.75, 3.05) is 0 Å². The van der Waals surface area contributed by atoms with Gasteiger partial charge < -0.3 is 4.74 Å². The van der Waals surface area contributed by atoms with E-state index in [1.165, 1.54) is 35.2 Å². The van der Waals surface area contributed by atoms with Gasteiger partial charge in [0.2, 0.25) is 5.75 Å². The Morgan fingerprint density at radius 3 is 2.58 bits per heavy atom. The topological polar surface area (TPSA) is 143 Å². The highest BCUT2D eigenvalue weighted by molar-refractivity contribution is 9.10. The third-order valence-electron chi connectivity index (χ3n) is 5.42. The number of hydrogen-bond acceptors (Lipinski definition) is 8. The number of ether oxygens (including phenoxy) is 1. The number of nitro groups is 2. The van der Waals surface area contributed by atoms with Gasteiger partial charge in [0, 0.05) is 34.7 Å². The van der Waals surface area contributed by atoms with Crippen LogP contribution in [0.15, 0.2) is 73.4 Å². The molecule has 194 valence electrons. The predicted molar refractivity (Wildman–Crippen MR) is 149 cm³/mol. The van der Waals surface area contributed by atoms with Crippen molar-refractivity contribution in [2.45, 2.75) is 26.4 Å². The normalized spacial score (nSPS) is 11.2. The zero-order valence-electron chi connectivity index (χ0n) is 19.8. The highest BCUT2D eigenvalue weighted by Crippen LogP contribution is 2.36. The van der Waals surface area contributed by atoms with E-state index < -0.39 is 9.85 Å². The fourth-order valence-corrected chi connectivity index (χ4v) is 4.63. The van der Waals surface area contributed by atoms with E-state index in [4.69, 9.17) is 4.74 Å². The van der Waals surface area contributed by atoms with Crippen molar-refractivity contribution in [2.24, 2.45) is 5.10 Å². The van der Waals surface area contributed by atoms with E-state index >= 15 is 0 Å². The van der Waals surface area contributed by atoms with E-state index in [1.807, 2.05) is 6.92 Å². The molecule has 4 aromatic rings. The molecule has 0 aliphatic carbocycles. The fraction of sp³-hybridized carbons (Fsp3) is 0.160. The van der Waals surface area contributed by atoms with Crippen LogP contribution in [-0.2, 0) is 13.0 Å². The third kappa shape index (κ3) is 5.94. The quantitative estimate of drug-likeness (QED) is 0.121. The van der Waals surface area contributed by atoms with E-state index in [9.17, 15) is 25.0 Å². The second-order valence-electron chi connectivity index (χ2n) is 8.12. The van der Waals surface area contributed by atoms with Crippen LogP contribution in [0.2, 0.25) is 0 Å². The lowest BCUT2D eigenvalue weighted by atomic mass is 10.2. The number of halogens is 2. The van der Waals surface area contributed by atoms with Gasteiger partial charge in [-0.05, 0) is 52.2 Å². The first-order valence-electron chi connectivity index (χ1n) is 11.3. The molecule has 1 heterocycles. The molecular formula is C25H19Br2N5O6. The Kier molecular flexibility index (Phi) is 8.27. The summed E-state index contributed by atoms with van der Waals surface area (Å²) < 4.78 is 7.87. The van der Waals surface area contributed by atoms with Crippen molar-refractivity contribution in [1.29, 1.82) is 0 Å². The average molecular weight is 645 g/mol. The van der Waals surface area contributed by atoms with Gasteiger partial charge in [-0.25, -0.2) is 4.98 Å². The van der Waals surface area contributed by atoms with Crippen molar-refractivity contribution in [3.63, 3.8) is 0 Å². The summed E-state index contributed by atoms with van der Waals surface area (Å²) >= 11 is 6.68. The average Bonchev–Trinajstić information content (AvgIpc) is 2.88. The van der Waals surface area contributed by atoms with Crippen LogP contribution in [-0.4, -0.2) is 25.7 Å². The summed E-state index contributed by atoms with van der Waals surface area (Å²) in [7, 11) is 0. The van der Waals surface area contributed by atoms with Crippen molar-refractivity contribution >= 4 is 60.4 Å². The number of non-ortho nitro benzene ring substituents is 1. The molecule has 4 rings (SSSR count). The van der Waals surface area contributed by atoms with Crippen LogP contribution >= 0.6 is 31.9 Å². The van der Waals surface area contributed by atoms with Gasteiger partial charge in [-0.1, -0.05) is 35.0 Å². The molecule has 0 bridgehead atoms. The Morgan fingerprint density at radius 2 is 1.87 bits per heavy atom. The van der Waals surface area contributed by atoms with E-state index in [0.29, 0.717) is 34.3 Å². The standard InChI is InChI=1S/C25H19Br2N5O6/c1-2-4-23-29-21-8-7-17(26)12-19(21)25(33)30(23)28-13-16-10-20(27)24(22(11-16)32(36)37)38-14-15-5-3-6-18(9-15)31(34)35/h3,5-13H,2,4,14H2,1H3. The largest absolute Gasteiger partial charge is 0.481 e. The zero-order chi connectivity index (χ0) is 27.4. The number of hydrogen-bond donors (Lipinski definition) is 0. The summed E-state index contributed by atoms with van der Waals surface area (Å²) in [4.78, 5) is 39.5. The molecule has 0 aliphatic heterocycles. The maximum Gasteiger partial charge on any atom is 0.312 e. The first kappa shape index (κ1) is 27.1. The first-order chi connectivity index (χ1) is 18.2. The van der Waals surface area contributed by atoms with E-state index in [-0.39, 0.29) is 33.8 Å². The van der Waals surface area contributed by atoms with Crippen molar-refractivity contribution < 1.29 is 14.6 Å². The van der Waals surface area contributed by atoms with Crippen molar-refractivity contribution in [3.8, 4) is 5.75 Å². The number of rotatable bonds is 9. The molecule has 0 saturated heterocycles. The molecule has 3 aromatic carbocycles. The Bertz CT molecular complexity index is 1650. The molecule has 0 amide bonds. The number of benzene rings is 3. The third-order valence-corrected chi connectivity index (χ3v) is 6.50. The van der Waals surface area contributed by atoms with Gasteiger partial charge in [-0.2, -0.15) is 9.78 Å². The van der Waals surface area contributed by atoms with E-state index in [1.54, 1.807) is 30.3 Å². The summed E-state index contributed by atoms with van der Waals surface area (Å²) in [6.45, 7) is 1.83. The molecule has 0 fully saturated rings. The van der Waals surface area contributed by atoms with Crippen LogP contribution in [0.3, 0.4) is 0 Å². The van der Waals surface area contributed by atoms with Gasteiger partial charge in [0.05, 0.1) is 31.4 Å². The highest BCUT2D eigenvalue weighted by Gasteiger charge is 2.21. The summed E-state index contributed by atoms with van der Waals surface area (Å²) in [5, 5.41) is 27.5. The summed E-state index contributed by atoms with van der Waals surface area (Å²) in [6, 6.07) is 13.9. The van der Waals surface area contributed by atoms with Gasteiger partial charge >= 0.3 is 5.69 Å². The second kappa shape index (κ2) is 11.6. The summed E-state index contributed by atoms with van der Waals surface area (Å²) in [6.07, 6.45) is 2.58. The number of fused-ring (bicyclic) bond motifs is 1. The number of aryl methyl sites for hydroxylation is 1. The molecule has 0 spiro atoms. The first-order valence-corrected chi connectivity index (χ1v) is 12.9. The summed E-state index contributed by atoms with van der Waals surface area (Å²) in [5.74, 6) is 0.425. The van der Waals surface area contributed by atoms with Gasteiger partial charge in [0.25, 0.3) is 11.2 Å². The minimum atomic E-state index is -0.603. The van der Waals surface area contributed by atoms with Crippen molar-refractivity contribution in [1.82, 2.24) is 9.66 Å². The minimum absolute atomic E-state index is 0.0419. The predicted octanol–water partition coefficient (Wildman–Crippen LogP) is 6.15. The maximum atomic E-state index is 13.2. The Morgan fingerprint density at radius 1 is 1.08 bits per heavy atom. The molecule has 38 heavy (non-hydrogen) atoms. The second-order valence-corrected chi connectivity index (χ2v) is 9.89. The van der Waals surface area contributed by atoms with Crippen LogP contribution in [0.4, 0.5) is 11.4 Å². The van der Waals surface area contributed by atoms with Crippen LogP contribution < -0.4 is 10.3 Å². The molecule has 13 heteroatoms. The van der Waals surface area contributed by atoms with Gasteiger partial charge in [-0.3, -0.25) is 25.0 Å².